The molecular weight excluding hydrogens is 257 g/mol. The standard InChI is InChI=1S/C15H16FN3O/c1-11(12-3-2-8-17-9-12)18-10-15(20)19-14-6-4-13(16)5-7-14/h2-9,11,18H,10H2,1H3,(H,19,20). The van der Waals surface area contributed by atoms with Crippen LogP contribution in [0.4, 0.5) is 10.1 Å². The highest BCUT2D eigenvalue weighted by Crippen LogP contribution is 2.10. The summed E-state index contributed by atoms with van der Waals surface area (Å²) in [7, 11) is 0. The topological polar surface area (TPSA) is 54.0 Å². The lowest BCUT2D eigenvalue weighted by Crippen LogP contribution is -2.30. The molecule has 0 aliphatic carbocycles. The molecule has 1 amide bonds. The van der Waals surface area contributed by atoms with E-state index < -0.39 is 0 Å². The number of rotatable bonds is 5. The van der Waals surface area contributed by atoms with E-state index in [0.717, 1.165) is 5.56 Å². The van der Waals surface area contributed by atoms with Crippen molar-refractivity contribution in [1.29, 1.82) is 0 Å². The van der Waals surface area contributed by atoms with Gasteiger partial charge < -0.3 is 10.6 Å². The minimum absolute atomic E-state index is 0.0302. The summed E-state index contributed by atoms with van der Waals surface area (Å²) in [6.45, 7) is 2.13. The van der Waals surface area contributed by atoms with E-state index in [0.29, 0.717) is 5.69 Å². The number of carbonyl (C=O) groups is 1. The molecule has 0 aliphatic heterocycles. The fraction of sp³-hybridized carbons (Fsp3) is 0.200. The Hall–Kier alpha value is -2.27. The smallest absolute Gasteiger partial charge is 0.238 e. The third-order valence-electron chi connectivity index (χ3n) is 2.88. The number of nitrogens with zero attached hydrogens (tertiary/aromatic N) is 1. The molecule has 0 saturated heterocycles. The van der Waals surface area contributed by atoms with Gasteiger partial charge in [-0.1, -0.05) is 6.07 Å². The van der Waals surface area contributed by atoms with Gasteiger partial charge in [-0.05, 0) is 42.8 Å². The van der Waals surface area contributed by atoms with E-state index in [4.69, 9.17) is 0 Å². The van der Waals surface area contributed by atoms with Crippen LogP contribution in [-0.2, 0) is 4.79 Å². The predicted octanol–water partition coefficient (Wildman–Crippen LogP) is 2.51. The Morgan fingerprint density at radius 3 is 2.70 bits per heavy atom. The van der Waals surface area contributed by atoms with Crippen LogP contribution in [-0.4, -0.2) is 17.4 Å². The van der Waals surface area contributed by atoms with Gasteiger partial charge in [0.05, 0.1) is 6.54 Å². The van der Waals surface area contributed by atoms with E-state index in [1.54, 1.807) is 12.4 Å². The van der Waals surface area contributed by atoms with Crippen molar-refractivity contribution < 1.29 is 9.18 Å². The molecule has 20 heavy (non-hydrogen) atoms. The van der Waals surface area contributed by atoms with E-state index in [9.17, 15) is 9.18 Å². The molecule has 2 aromatic rings. The van der Waals surface area contributed by atoms with Crippen molar-refractivity contribution in [2.45, 2.75) is 13.0 Å². The van der Waals surface area contributed by atoms with Crippen LogP contribution < -0.4 is 10.6 Å². The molecule has 4 nitrogen and oxygen atoms in total. The zero-order chi connectivity index (χ0) is 14.4. The molecule has 0 fully saturated rings. The van der Waals surface area contributed by atoms with Crippen LogP contribution in [0.3, 0.4) is 0 Å². The summed E-state index contributed by atoms with van der Waals surface area (Å²) >= 11 is 0. The van der Waals surface area contributed by atoms with Crippen molar-refractivity contribution in [3.63, 3.8) is 0 Å². The lowest BCUT2D eigenvalue weighted by Gasteiger charge is -2.13. The molecule has 104 valence electrons. The molecular formula is C15H16FN3O. The average Bonchev–Trinajstić information content (AvgIpc) is 2.48. The first-order chi connectivity index (χ1) is 9.65. The fourth-order valence-electron chi connectivity index (χ4n) is 1.73. The number of hydrogen-bond donors (Lipinski definition) is 2. The van der Waals surface area contributed by atoms with Gasteiger partial charge in [0.25, 0.3) is 0 Å². The second-order valence-electron chi connectivity index (χ2n) is 4.44. The zero-order valence-corrected chi connectivity index (χ0v) is 11.1. The van der Waals surface area contributed by atoms with Crippen LogP contribution in [0.5, 0.6) is 0 Å². The van der Waals surface area contributed by atoms with Crippen LogP contribution >= 0.6 is 0 Å². The van der Waals surface area contributed by atoms with Gasteiger partial charge in [-0.2, -0.15) is 0 Å². The lowest BCUT2D eigenvalue weighted by molar-refractivity contribution is -0.115. The fourth-order valence-corrected chi connectivity index (χ4v) is 1.73. The molecule has 1 heterocycles. The Bertz CT molecular complexity index is 557. The molecule has 1 unspecified atom stereocenters. The number of halogens is 1. The highest BCUT2D eigenvalue weighted by Gasteiger charge is 2.07. The van der Waals surface area contributed by atoms with Crippen molar-refractivity contribution in [2.75, 3.05) is 11.9 Å². The number of aromatic nitrogens is 1. The summed E-state index contributed by atoms with van der Waals surface area (Å²) in [6.07, 6.45) is 3.47. The molecule has 5 heteroatoms. The molecule has 1 aromatic heterocycles. The molecule has 2 rings (SSSR count). The van der Waals surface area contributed by atoms with E-state index >= 15 is 0 Å². The molecule has 0 spiro atoms. The Balaban J connectivity index is 1.82. The minimum Gasteiger partial charge on any atom is -0.325 e. The summed E-state index contributed by atoms with van der Waals surface area (Å²) in [6, 6.07) is 9.50. The molecule has 1 atom stereocenters. The molecule has 1 aromatic carbocycles. The van der Waals surface area contributed by atoms with Gasteiger partial charge in [0.1, 0.15) is 5.82 Å². The van der Waals surface area contributed by atoms with Crippen molar-refractivity contribution in [1.82, 2.24) is 10.3 Å². The number of pyridine rings is 1. The number of benzene rings is 1. The average molecular weight is 273 g/mol. The first-order valence-corrected chi connectivity index (χ1v) is 6.34. The quantitative estimate of drug-likeness (QED) is 0.880. The third-order valence-corrected chi connectivity index (χ3v) is 2.88. The highest BCUT2D eigenvalue weighted by molar-refractivity contribution is 5.92. The van der Waals surface area contributed by atoms with E-state index in [2.05, 4.69) is 15.6 Å². The van der Waals surface area contributed by atoms with Crippen molar-refractivity contribution >= 4 is 11.6 Å². The van der Waals surface area contributed by atoms with Gasteiger partial charge >= 0.3 is 0 Å². The van der Waals surface area contributed by atoms with E-state index in [1.807, 2.05) is 19.1 Å². The second kappa shape index (κ2) is 6.77. The monoisotopic (exact) mass is 273 g/mol. The van der Waals surface area contributed by atoms with Crippen molar-refractivity contribution in [2.24, 2.45) is 0 Å². The maximum atomic E-state index is 12.7. The van der Waals surface area contributed by atoms with Crippen LogP contribution in [0, 0.1) is 5.82 Å². The van der Waals surface area contributed by atoms with Gasteiger partial charge in [0.15, 0.2) is 0 Å². The van der Waals surface area contributed by atoms with Gasteiger partial charge in [-0.15, -0.1) is 0 Å². The number of nitrogens with one attached hydrogen (secondary N) is 2. The summed E-state index contributed by atoms with van der Waals surface area (Å²) in [5.74, 6) is -0.501. The lowest BCUT2D eigenvalue weighted by atomic mass is 10.1. The normalized spacial score (nSPS) is 11.9. The van der Waals surface area contributed by atoms with Gasteiger partial charge in [0.2, 0.25) is 5.91 Å². The number of amides is 1. The van der Waals surface area contributed by atoms with E-state index in [-0.39, 0.29) is 24.3 Å². The van der Waals surface area contributed by atoms with Gasteiger partial charge in [-0.3, -0.25) is 9.78 Å². The highest BCUT2D eigenvalue weighted by atomic mass is 19.1. The summed E-state index contributed by atoms with van der Waals surface area (Å²) < 4.78 is 12.7. The Labute approximate surface area is 117 Å². The summed E-state index contributed by atoms with van der Waals surface area (Å²) in [5, 5.41) is 5.80. The van der Waals surface area contributed by atoms with Gasteiger partial charge in [-0.25, -0.2) is 4.39 Å². The zero-order valence-electron chi connectivity index (χ0n) is 11.1. The van der Waals surface area contributed by atoms with Crippen LogP contribution in [0.2, 0.25) is 0 Å². The van der Waals surface area contributed by atoms with Gasteiger partial charge in [0, 0.05) is 24.1 Å². The third kappa shape index (κ3) is 4.13. The predicted molar refractivity (Wildman–Crippen MR) is 75.7 cm³/mol. The van der Waals surface area contributed by atoms with E-state index in [1.165, 1.54) is 24.3 Å². The molecule has 0 radical (unpaired) electrons. The number of anilines is 1. The molecule has 0 saturated carbocycles. The maximum Gasteiger partial charge on any atom is 0.238 e. The van der Waals surface area contributed by atoms with Crippen LogP contribution in [0.1, 0.15) is 18.5 Å². The molecule has 0 aliphatic rings. The van der Waals surface area contributed by atoms with Crippen LogP contribution in [0.15, 0.2) is 48.8 Å². The Kier molecular flexibility index (Phi) is 4.79. The van der Waals surface area contributed by atoms with Crippen molar-refractivity contribution in [3.05, 3.63) is 60.2 Å². The number of hydrogen-bond acceptors (Lipinski definition) is 3. The maximum absolute atomic E-state index is 12.7. The first kappa shape index (κ1) is 14.1. The SMILES string of the molecule is CC(NCC(=O)Nc1ccc(F)cc1)c1cccnc1. The van der Waals surface area contributed by atoms with Crippen LogP contribution in [0.25, 0.3) is 0 Å². The first-order valence-electron chi connectivity index (χ1n) is 6.34. The Morgan fingerprint density at radius 1 is 1.30 bits per heavy atom. The summed E-state index contributed by atoms with van der Waals surface area (Å²) in [4.78, 5) is 15.8. The summed E-state index contributed by atoms with van der Waals surface area (Å²) in [5.41, 5.74) is 1.59. The largest absolute Gasteiger partial charge is 0.325 e. The second-order valence-corrected chi connectivity index (χ2v) is 4.44. The molecule has 2 N–H and O–H groups in total. The minimum atomic E-state index is -0.327. The Morgan fingerprint density at radius 2 is 2.05 bits per heavy atom. The van der Waals surface area contributed by atoms with Crippen molar-refractivity contribution in [3.8, 4) is 0 Å². The number of carbonyl (C=O) groups excluding carboxylic acids is 1. The molecule has 0 bridgehead atoms.